The standard InChI is InChI=1S/C17H21BrINO2/c1-2-22-15(21)17(20)14-9-12(18)4-3-11(14)10-16(17)7-5-13(19)6-8-16/h3-4,9,13H,2,5-8,10,20H2,1H3. The average molecular weight is 478 g/mol. The van der Waals surface area contributed by atoms with Gasteiger partial charge in [-0.3, -0.25) is 0 Å². The number of carbonyl (C=O) groups is 1. The van der Waals surface area contributed by atoms with E-state index in [0.717, 1.165) is 42.1 Å². The van der Waals surface area contributed by atoms with E-state index < -0.39 is 5.54 Å². The molecule has 2 aliphatic carbocycles. The number of hydrogen-bond acceptors (Lipinski definition) is 3. The van der Waals surface area contributed by atoms with Gasteiger partial charge in [-0.2, -0.15) is 0 Å². The van der Waals surface area contributed by atoms with Gasteiger partial charge in [0.1, 0.15) is 5.54 Å². The molecule has 1 unspecified atom stereocenters. The van der Waals surface area contributed by atoms with E-state index in [1.54, 1.807) is 0 Å². The van der Waals surface area contributed by atoms with Crippen molar-refractivity contribution < 1.29 is 9.53 Å². The highest BCUT2D eigenvalue weighted by atomic mass is 127. The van der Waals surface area contributed by atoms with Gasteiger partial charge in [0.15, 0.2) is 0 Å². The second-order valence-corrected chi connectivity index (χ2v) is 9.14. The quantitative estimate of drug-likeness (QED) is 0.396. The fraction of sp³-hybridized carbons (Fsp3) is 0.588. The van der Waals surface area contributed by atoms with E-state index in [4.69, 9.17) is 10.5 Å². The van der Waals surface area contributed by atoms with Crippen molar-refractivity contribution in [2.45, 2.75) is 48.5 Å². The highest BCUT2D eigenvalue weighted by molar-refractivity contribution is 14.1. The molecule has 3 rings (SSSR count). The van der Waals surface area contributed by atoms with E-state index in [1.807, 2.05) is 19.1 Å². The Morgan fingerprint density at radius 3 is 2.77 bits per heavy atom. The fourth-order valence-electron chi connectivity index (χ4n) is 4.14. The lowest BCUT2D eigenvalue weighted by molar-refractivity contribution is -0.156. The Balaban J connectivity index is 2.10. The molecule has 120 valence electrons. The second-order valence-electron chi connectivity index (χ2n) is 6.46. The second kappa shape index (κ2) is 6.06. The Kier molecular flexibility index (Phi) is 4.60. The predicted molar refractivity (Wildman–Crippen MR) is 99.1 cm³/mol. The van der Waals surface area contributed by atoms with Crippen LogP contribution in [0.15, 0.2) is 22.7 Å². The summed E-state index contributed by atoms with van der Waals surface area (Å²) in [6.07, 6.45) is 5.10. The van der Waals surface area contributed by atoms with Gasteiger partial charge in [0.25, 0.3) is 0 Å². The minimum atomic E-state index is -1.01. The normalized spacial score (nSPS) is 33.7. The molecule has 0 amide bonds. The van der Waals surface area contributed by atoms with E-state index in [0.29, 0.717) is 10.5 Å². The topological polar surface area (TPSA) is 52.3 Å². The first-order chi connectivity index (χ1) is 10.4. The molecule has 0 bridgehead atoms. The van der Waals surface area contributed by atoms with Crippen molar-refractivity contribution in [3.8, 4) is 0 Å². The number of rotatable bonds is 2. The van der Waals surface area contributed by atoms with Crippen LogP contribution in [0.1, 0.15) is 43.7 Å². The zero-order chi connectivity index (χ0) is 16.0. The number of esters is 1. The van der Waals surface area contributed by atoms with Crippen LogP contribution in [-0.2, 0) is 21.5 Å². The van der Waals surface area contributed by atoms with Crippen LogP contribution in [0.3, 0.4) is 0 Å². The molecule has 1 fully saturated rings. The summed E-state index contributed by atoms with van der Waals surface area (Å²) in [5, 5.41) is 0. The summed E-state index contributed by atoms with van der Waals surface area (Å²) in [5.41, 5.74) is 7.77. The van der Waals surface area contributed by atoms with Gasteiger partial charge in [0, 0.05) is 13.8 Å². The van der Waals surface area contributed by atoms with Crippen molar-refractivity contribution in [2.24, 2.45) is 11.1 Å². The maximum atomic E-state index is 12.8. The first-order valence-electron chi connectivity index (χ1n) is 7.82. The van der Waals surface area contributed by atoms with Crippen molar-refractivity contribution in [1.29, 1.82) is 0 Å². The van der Waals surface area contributed by atoms with Crippen LogP contribution in [0.25, 0.3) is 0 Å². The molecule has 2 N–H and O–H groups in total. The molecular weight excluding hydrogens is 457 g/mol. The summed E-state index contributed by atoms with van der Waals surface area (Å²) in [7, 11) is 0. The molecule has 22 heavy (non-hydrogen) atoms. The Hall–Kier alpha value is -0.140. The third-order valence-electron chi connectivity index (χ3n) is 5.33. The lowest BCUT2D eigenvalue weighted by Crippen LogP contribution is -2.57. The molecular formula is C17H21BrINO2. The third-order valence-corrected chi connectivity index (χ3v) is 7.07. The summed E-state index contributed by atoms with van der Waals surface area (Å²) in [6, 6.07) is 6.15. The molecule has 1 aromatic carbocycles. The fourth-order valence-corrected chi connectivity index (χ4v) is 5.12. The van der Waals surface area contributed by atoms with Gasteiger partial charge in [-0.25, -0.2) is 4.79 Å². The summed E-state index contributed by atoms with van der Waals surface area (Å²) in [4.78, 5) is 12.8. The Morgan fingerprint density at radius 1 is 1.45 bits per heavy atom. The number of halogens is 2. The summed E-state index contributed by atoms with van der Waals surface area (Å²) in [6.45, 7) is 2.21. The third kappa shape index (κ3) is 2.44. The van der Waals surface area contributed by atoms with Gasteiger partial charge in [-0.05, 0) is 62.3 Å². The molecule has 0 heterocycles. The van der Waals surface area contributed by atoms with E-state index in [-0.39, 0.29) is 11.4 Å². The largest absolute Gasteiger partial charge is 0.464 e. The van der Waals surface area contributed by atoms with Crippen molar-refractivity contribution in [2.75, 3.05) is 6.61 Å². The lowest BCUT2D eigenvalue weighted by atomic mass is 9.62. The molecule has 5 heteroatoms. The zero-order valence-corrected chi connectivity index (χ0v) is 16.4. The Labute approximate surface area is 153 Å². The molecule has 2 aliphatic rings. The van der Waals surface area contributed by atoms with Crippen LogP contribution in [0.4, 0.5) is 0 Å². The van der Waals surface area contributed by atoms with Crippen LogP contribution in [0, 0.1) is 5.41 Å². The predicted octanol–water partition coefficient (Wildman–Crippen LogP) is 4.09. The lowest BCUT2D eigenvalue weighted by Gasteiger charge is -2.45. The Bertz CT molecular complexity index is 598. The van der Waals surface area contributed by atoms with Crippen LogP contribution in [0.5, 0.6) is 0 Å². The molecule has 3 nitrogen and oxygen atoms in total. The number of alkyl halides is 1. The SMILES string of the molecule is CCOC(=O)C1(N)c2cc(Br)ccc2CC12CCC(I)CC2. The maximum Gasteiger partial charge on any atom is 0.331 e. The molecule has 1 aromatic rings. The molecule has 1 atom stereocenters. The molecule has 0 aliphatic heterocycles. The number of fused-ring (bicyclic) bond motifs is 1. The number of nitrogens with two attached hydrogens (primary N) is 1. The smallest absolute Gasteiger partial charge is 0.331 e. The van der Waals surface area contributed by atoms with Crippen LogP contribution in [-0.4, -0.2) is 16.5 Å². The van der Waals surface area contributed by atoms with E-state index in [1.165, 1.54) is 5.56 Å². The number of benzene rings is 1. The summed E-state index contributed by atoms with van der Waals surface area (Å²) < 4.78 is 7.05. The van der Waals surface area contributed by atoms with E-state index in [2.05, 4.69) is 44.6 Å². The number of hydrogen-bond donors (Lipinski definition) is 1. The van der Waals surface area contributed by atoms with Crippen molar-refractivity contribution in [3.05, 3.63) is 33.8 Å². The van der Waals surface area contributed by atoms with E-state index >= 15 is 0 Å². The molecule has 0 aromatic heterocycles. The van der Waals surface area contributed by atoms with Gasteiger partial charge < -0.3 is 10.5 Å². The highest BCUT2D eigenvalue weighted by Gasteiger charge is 2.61. The monoisotopic (exact) mass is 477 g/mol. The Morgan fingerprint density at radius 2 is 2.14 bits per heavy atom. The molecule has 0 radical (unpaired) electrons. The zero-order valence-electron chi connectivity index (χ0n) is 12.7. The first-order valence-corrected chi connectivity index (χ1v) is 9.86. The number of ether oxygens (including phenoxy) is 1. The van der Waals surface area contributed by atoms with Gasteiger partial charge >= 0.3 is 5.97 Å². The molecule has 1 saturated carbocycles. The molecule has 1 spiro atoms. The molecule has 0 saturated heterocycles. The van der Waals surface area contributed by atoms with Crippen molar-refractivity contribution >= 4 is 44.5 Å². The van der Waals surface area contributed by atoms with Crippen LogP contribution in [0.2, 0.25) is 0 Å². The number of carbonyl (C=O) groups excluding carboxylic acids is 1. The van der Waals surface area contributed by atoms with Crippen molar-refractivity contribution in [3.63, 3.8) is 0 Å². The average Bonchev–Trinajstić information content (AvgIpc) is 2.73. The summed E-state index contributed by atoms with van der Waals surface area (Å²) in [5.74, 6) is -0.265. The van der Waals surface area contributed by atoms with Crippen LogP contribution >= 0.6 is 38.5 Å². The minimum Gasteiger partial charge on any atom is -0.464 e. The van der Waals surface area contributed by atoms with Gasteiger partial charge in [0.2, 0.25) is 0 Å². The van der Waals surface area contributed by atoms with Gasteiger partial charge in [0.05, 0.1) is 6.61 Å². The van der Waals surface area contributed by atoms with E-state index in [9.17, 15) is 4.79 Å². The maximum absolute atomic E-state index is 12.8. The minimum absolute atomic E-state index is 0.190. The first kappa shape index (κ1) is 16.7. The van der Waals surface area contributed by atoms with Crippen LogP contribution < -0.4 is 5.73 Å². The van der Waals surface area contributed by atoms with Crippen molar-refractivity contribution in [1.82, 2.24) is 0 Å². The van der Waals surface area contributed by atoms with Gasteiger partial charge in [-0.15, -0.1) is 0 Å². The summed E-state index contributed by atoms with van der Waals surface area (Å²) >= 11 is 6.03. The highest BCUT2D eigenvalue weighted by Crippen LogP contribution is 2.57. The van der Waals surface area contributed by atoms with Gasteiger partial charge in [-0.1, -0.05) is 44.6 Å².